The molecule has 2 heteroatoms. The molecule has 0 amide bonds. The van der Waals surface area contributed by atoms with Gasteiger partial charge in [-0.3, -0.25) is 0 Å². The fourth-order valence-electron chi connectivity index (χ4n) is 9.76. The normalized spacial score (nSPS) is 42.9. The van der Waals surface area contributed by atoms with Gasteiger partial charge in [-0.15, -0.1) is 0 Å². The van der Waals surface area contributed by atoms with Crippen molar-refractivity contribution in [2.45, 2.75) is 43.9 Å². The Labute approximate surface area is 173 Å². The van der Waals surface area contributed by atoms with Gasteiger partial charge >= 0.3 is 0 Å². The van der Waals surface area contributed by atoms with Crippen LogP contribution in [0.3, 0.4) is 0 Å². The topological polar surface area (TPSA) is 40.5 Å². The summed E-state index contributed by atoms with van der Waals surface area (Å²) in [6, 6.07) is 16.5. The molecule has 0 saturated heterocycles. The van der Waals surface area contributed by atoms with Gasteiger partial charge in [0.25, 0.3) is 0 Å². The first-order valence-electron chi connectivity index (χ1n) is 11.8. The van der Waals surface area contributed by atoms with Crippen LogP contribution in [0.25, 0.3) is 0 Å². The molecule has 2 nitrogen and oxygen atoms in total. The maximum absolute atomic E-state index is 10.0. The van der Waals surface area contributed by atoms with Gasteiger partial charge in [-0.05, 0) is 121 Å². The Bertz CT molecular complexity index is 866. The van der Waals surface area contributed by atoms with Crippen LogP contribution in [0.4, 0.5) is 0 Å². The zero-order chi connectivity index (χ0) is 19.3. The second-order valence-electron chi connectivity index (χ2n) is 10.8. The van der Waals surface area contributed by atoms with Crippen molar-refractivity contribution in [1.29, 1.82) is 0 Å². The highest BCUT2D eigenvalue weighted by atomic mass is 16.3. The molecule has 29 heavy (non-hydrogen) atoms. The Morgan fingerprint density at radius 1 is 0.552 bits per heavy atom. The molecule has 2 aromatic rings. The van der Waals surface area contributed by atoms with Gasteiger partial charge in [-0.25, -0.2) is 0 Å². The van der Waals surface area contributed by atoms with E-state index in [-0.39, 0.29) is 5.41 Å². The summed E-state index contributed by atoms with van der Waals surface area (Å²) in [5.41, 5.74) is 2.89. The summed E-state index contributed by atoms with van der Waals surface area (Å²) in [6.45, 7) is 0. The van der Waals surface area contributed by atoms with E-state index in [0.29, 0.717) is 11.5 Å². The lowest BCUT2D eigenvalue weighted by atomic mass is 9.57. The minimum absolute atomic E-state index is 0.0520. The maximum Gasteiger partial charge on any atom is 0.115 e. The van der Waals surface area contributed by atoms with E-state index in [0.717, 1.165) is 47.3 Å². The summed E-state index contributed by atoms with van der Waals surface area (Å²) in [5.74, 6) is 7.52. The highest BCUT2D eigenvalue weighted by Gasteiger charge is 2.73. The third-order valence-corrected chi connectivity index (χ3v) is 10.1. The van der Waals surface area contributed by atoms with Gasteiger partial charge in [0.1, 0.15) is 11.5 Å². The standard InChI is InChI=1S/C27H30O2/c28-21-9-5-19(6-10-21)27(20-7-11-22(29)12-8-20)25-17-3-1-15(13-17)23(25)24-16-2-4-18(14-16)26(24)27/h5-12,15-18,23-26,28-29H,1-4,13-14H2. The molecule has 5 aliphatic carbocycles. The van der Waals surface area contributed by atoms with Crippen LogP contribution in [0.1, 0.15) is 49.7 Å². The van der Waals surface area contributed by atoms with E-state index in [1.54, 1.807) is 0 Å². The molecule has 5 aliphatic rings. The van der Waals surface area contributed by atoms with Crippen LogP contribution in [0, 0.1) is 47.3 Å². The molecular formula is C27H30O2. The lowest BCUT2D eigenvalue weighted by Crippen LogP contribution is -2.44. The van der Waals surface area contributed by atoms with Gasteiger partial charge in [0, 0.05) is 5.41 Å². The first-order chi connectivity index (χ1) is 14.2. The Morgan fingerprint density at radius 3 is 1.34 bits per heavy atom. The Morgan fingerprint density at radius 2 is 0.931 bits per heavy atom. The number of phenols is 2. The highest BCUT2D eigenvalue weighted by Crippen LogP contribution is 2.78. The zero-order valence-corrected chi connectivity index (χ0v) is 16.9. The number of hydrogen-bond donors (Lipinski definition) is 2. The van der Waals surface area contributed by atoms with Gasteiger partial charge in [0.2, 0.25) is 0 Å². The van der Waals surface area contributed by atoms with E-state index < -0.39 is 0 Å². The van der Waals surface area contributed by atoms with Crippen molar-refractivity contribution in [2.24, 2.45) is 47.3 Å². The number of phenolic OH excluding ortho intramolecular Hbond substituents is 2. The van der Waals surface area contributed by atoms with Crippen molar-refractivity contribution in [3.05, 3.63) is 59.7 Å². The van der Waals surface area contributed by atoms with E-state index in [9.17, 15) is 10.2 Å². The number of rotatable bonds is 2. The summed E-state index contributed by atoms with van der Waals surface area (Å²) < 4.78 is 0. The Kier molecular flexibility index (Phi) is 3.24. The number of fused-ring (bicyclic) bond motifs is 11. The van der Waals surface area contributed by atoms with E-state index in [2.05, 4.69) is 24.3 Å². The van der Waals surface area contributed by atoms with Crippen LogP contribution in [0.2, 0.25) is 0 Å². The average Bonchev–Trinajstić information content (AvgIpc) is 3.53. The van der Waals surface area contributed by atoms with E-state index in [1.165, 1.54) is 49.7 Å². The monoisotopic (exact) mass is 386 g/mol. The summed E-state index contributed by atoms with van der Waals surface area (Å²) in [6.07, 6.45) is 8.58. The van der Waals surface area contributed by atoms with Gasteiger partial charge in [0.05, 0.1) is 0 Å². The predicted octanol–water partition coefficient (Wildman–Crippen LogP) is 5.72. The molecule has 5 fully saturated rings. The van der Waals surface area contributed by atoms with Crippen LogP contribution < -0.4 is 0 Å². The Hall–Kier alpha value is -1.96. The highest BCUT2D eigenvalue weighted by molar-refractivity contribution is 5.49. The third kappa shape index (κ3) is 1.94. The number of benzene rings is 2. The van der Waals surface area contributed by atoms with Crippen molar-refractivity contribution in [3.8, 4) is 11.5 Å². The smallest absolute Gasteiger partial charge is 0.115 e. The second-order valence-corrected chi connectivity index (χ2v) is 10.8. The molecule has 7 rings (SSSR count). The van der Waals surface area contributed by atoms with Crippen molar-refractivity contribution in [2.75, 3.05) is 0 Å². The minimum Gasteiger partial charge on any atom is -0.508 e. The van der Waals surface area contributed by atoms with Crippen molar-refractivity contribution < 1.29 is 10.2 Å². The van der Waals surface area contributed by atoms with E-state index in [1.807, 2.05) is 24.3 Å². The lowest BCUT2D eigenvalue weighted by molar-refractivity contribution is 0.153. The van der Waals surface area contributed by atoms with Crippen molar-refractivity contribution >= 4 is 0 Å². The van der Waals surface area contributed by atoms with Gasteiger partial charge < -0.3 is 10.2 Å². The Balaban J connectivity index is 1.52. The predicted molar refractivity (Wildman–Crippen MR) is 113 cm³/mol. The summed E-state index contributed by atoms with van der Waals surface area (Å²) in [7, 11) is 0. The minimum atomic E-state index is 0.0520. The number of hydrogen-bond acceptors (Lipinski definition) is 2. The summed E-state index contributed by atoms with van der Waals surface area (Å²) >= 11 is 0. The first-order valence-corrected chi connectivity index (χ1v) is 11.8. The summed E-state index contributed by atoms with van der Waals surface area (Å²) in [5, 5.41) is 20.1. The molecule has 0 aliphatic heterocycles. The molecule has 2 N–H and O–H groups in total. The van der Waals surface area contributed by atoms with Gasteiger partial charge in [-0.2, -0.15) is 0 Å². The quantitative estimate of drug-likeness (QED) is 0.693. The van der Waals surface area contributed by atoms with Crippen LogP contribution in [-0.2, 0) is 5.41 Å². The average molecular weight is 387 g/mol. The molecule has 5 saturated carbocycles. The summed E-state index contributed by atoms with van der Waals surface area (Å²) in [4.78, 5) is 0. The molecular weight excluding hydrogens is 356 g/mol. The first kappa shape index (κ1) is 16.8. The molecule has 0 heterocycles. The van der Waals surface area contributed by atoms with Crippen LogP contribution in [-0.4, -0.2) is 10.2 Å². The van der Waals surface area contributed by atoms with E-state index in [4.69, 9.17) is 0 Å². The van der Waals surface area contributed by atoms with Crippen LogP contribution in [0.5, 0.6) is 11.5 Å². The fourth-order valence-corrected chi connectivity index (χ4v) is 9.76. The molecule has 2 aromatic carbocycles. The molecule has 8 unspecified atom stereocenters. The second kappa shape index (κ2) is 5.59. The fraction of sp³-hybridized carbons (Fsp3) is 0.556. The lowest BCUT2D eigenvalue weighted by Gasteiger charge is -2.46. The third-order valence-electron chi connectivity index (χ3n) is 10.1. The molecule has 8 atom stereocenters. The van der Waals surface area contributed by atoms with E-state index >= 15 is 0 Å². The SMILES string of the molecule is Oc1ccc(C2(c3ccc(O)cc3)C3C4CCC(C4)C3C3C4CCC(C4)C32)cc1. The molecule has 0 spiro atoms. The molecule has 0 radical (unpaired) electrons. The molecule has 4 bridgehead atoms. The van der Waals surface area contributed by atoms with Crippen molar-refractivity contribution in [3.63, 3.8) is 0 Å². The van der Waals surface area contributed by atoms with Gasteiger partial charge in [-0.1, -0.05) is 24.3 Å². The largest absolute Gasteiger partial charge is 0.508 e. The van der Waals surface area contributed by atoms with Crippen LogP contribution in [0.15, 0.2) is 48.5 Å². The van der Waals surface area contributed by atoms with Gasteiger partial charge in [0.15, 0.2) is 0 Å². The molecule has 150 valence electrons. The maximum atomic E-state index is 10.0. The molecule has 0 aromatic heterocycles. The zero-order valence-electron chi connectivity index (χ0n) is 16.9. The van der Waals surface area contributed by atoms with Crippen LogP contribution >= 0.6 is 0 Å². The van der Waals surface area contributed by atoms with Crippen molar-refractivity contribution in [1.82, 2.24) is 0 Å². The number of aromatic hydroxyl groups is 2.